The van der Waals surface area contributed by atoms with Crippen molar-refractivity contribution in [2.75, 3.05) is 6.61 Å². The maximum Gasteiger partial charge on any atom is 0.306 e. The van der Waals surface area contributed by atoms with Gasteiger partial charge in [0.15, 0.2) is 0 Å². The molecule has 0 unspecified atom stereocenters. The lowest BCUT2D eigenvalue weighted by Crippen LogP contribution is -2.27. The second kappa shape index (κ2) is 8.24. The molecule has 4 rings (SSSR count). The van der Waals surface area contributed by atoms with Crippen molar-refractivity contribution in [3.05, 3.63) is 59.7 Å². The Hall–Kier alpha value is -1.84. The number of carbonyl (C=O) groups excluding carboxylic acids is 1. The predicted octanol–water partition coefficient (Wildman–Crippen LogP) is 4.67. The molecule has 0 spiro atoms. The standard InChI is InChI=1S/C22H25NO2.ClH/c23-16-11-9-15(10-12-16)13-22(24)25-14-21-19-7-3-1-5-17(19)18-6-2-4-8-20(18)21;/h1-8,15-16,21H,9-14,23H2;1H. The van der Waals surface area contributed by atoms with Gasteiger partial charge in [-0.3, -0.25) is 4.79 Å². The summed E-state index contributed by atoms with van der Waals surface area (Å²) in [6.45, 7) is 0.430. The fourth-order valence-corrected chi connectivity index (χ4v) is 4.30. The molecule has 0 heterocycles. The normalized spacial score (nSPS) is 21.4. The van der Waals surface area contributed by atoms with Crippen LogP contribution in [0.3, 0.4) is 0 Å². The summed E-state index contributed by atoms with van der Waals surface area (Å²) in [7, 11) is 0. The van der Waals surface area contributed by atoms with E-state index in [1.54, 1.807) is 0 Å². The molecule has 0 aromatic heterocycles. The third-order valence-electron chi connectivity index (χ3n) is 5.72. The zero-order valence-electron chi connectivity index (χ0n) is 14.9. The van der Waals surface area contributed by atoms with Crippen molar-refractivity contribution < 1.29 is 9.53 Å². The summed E-state index contributed by atoms with van der Waals surface area (Å²) in [6.07, 6.45) is 4.68. The van der Waals surface area contributed by atoms with Crippen molar-refractivity contribution in [1.82, 2.24) is 0 Å². The first-order valence-corrected chi connectivity index (χ1v) is 9.32. The second-order valence-electron chi connectivity index (χ2n) is 7.40. The van der Waals surface area contributed by atoms with E-state index in [2.05, 4.69) is 48.5 Å². The third kappa shape index (κ3) is 3.79. The minimum Gasteiger partial charge on any atom is -0.465 e. The molecule has 0 radical (unpaired) electrons. The van der Waals surface area contributed by atoms with Gasteiger partial charge in [0.1, 0.15) is 6.61 Å². The molecule has 4 heteroatoms. The molecular formula is C22H26ClNO2. The highest BCUT2D eigenvalue weighted by atomic mass is 35.5. The highest BCUT2D eigenvalue weighted by molar-refractivity contribution is 5.85. The summed E-state index contributed by atoms with van der Waals surface area (Å²) >= 11 is 0. The van der Waals surface area contributed by atoms with E-state index in [4.69, 9.17) is 10.5 Å². The van der Waals surface area contributed by atoms with Gasteiger partial charge in [-0.15, -0.1) is 12.4 Å². The third-order valence-corrected chi connectivity index (χ3v) is 5.72. The highest BCUT2D eigenvalue weighted by Gasteiger charge is 2.29. The molecule has 2 aromatic rings. The average molecular weight is 372 g/mol. The number of ether oxygens (including phenoxy) is 1. The Balaban J connectivity index is 0.00000196. The van der Waals surface area contributed by atoms with E-state index in [-0.39, 0.29) is 24.3 Å². The predicted molar refractivity (Wildman–Crippen MR) is 106 cm³/mol. The van der Waals surface area contributed by atoms with Gasteiger partial charge in [-0.2, -0.15) is 0 Å². The summed E-state index contributed by atoms with van der Waals surface area (Å²) in [5, 5.41) is 0. The second-order valence-corrected chi connectivity index (χ2v) is 7.40. The summed E-state index contributed by atoms with van der Waals surface area (Å²) in [5.74, 6) is 0.522. The van der Waals surface area contributed by atoms with Gasteiger partial charge < -0.3 is 10.5 Å². The van der Waals surface area contributed by atoms with E-state index in [0.29, 0.717) is 25.0 Å². The largest absolute Gasteiger partial charge is 0.465 e. The lowest BCUT2D eigenvalue weighted by Gasteiger charge is -2.25. The minimum absolute atomic E-state index is 0. The Morgan fingerprint density at radius 2 is 1.46 bits per heavy atom. The van der Waals surface area contributed by atoms with Gasteiger partial charge in [-0.05, 0) is 53.9 Å². The Morgan fingerprint density at radius 3 is 2.04 bits per heavy atom. The Bertz CT molecular complexity index is 723. The lowest BCUT2D eigenvalue weighted by molar-refractivity contribution is -0.145. The van der Waals surface area contributed by atoms with Gasteiger partial charge in [0, 0.05) is 18.4 Å². The molecular weight excluding hydrogens is 346 g/mol. The van der Waals surface area contributed by atoms with Crippen molar-refractivity contribution in [2.45, 2.75) is 44.1 Å². The number of fused-ring (bicyclic) bond motifs is 3. The molecule has 0 aliphatic heterocycles. The average Bonchev–Trinajstić information content (AvgIpc) is 2.96. The smallest absolute Gasteiger partial charge is 0.306 e. The summed E-state index contributed by atoms with van der Waals surface area (Å²) < 4.78 is 5.70. The van der Waals surface area contributed by atoms with Gasteiger partial charge in [0.25, 0.3) is 0 Å². The van der Waals surface area contributed by atoms with E-state index in [1.807, 2.05) is 0 Å². The Kier molecular flexibility index (Phi) is 6.00. The van der Waals surface area contributed by atoms with Crippen LogP contribution in [0.15, 0.2) is 48.5 Å². The molecule has 2 aliphatic rings. The van der Waals surface area contributed by atoms with Gasteiger partial charge in [0.05, 0.1) is 0 Å². The molecule has 2 aromatic carbocycles. The van der Waals surface area contributed by atoms with Gasteiger partial charge in [-0.25, -0.2) is 0 Å². The van der Waals surface area contributed by atoms with E-state index >= 15 is 0 Å². The molecule has 26 heavy (non-hydrogen) atoms. The van der Waals surface area contributed by atoms with Gasteiger partial charge >= 0.3 is 5.97 Å². The maximum absolute atomic E-state index is 12.3. The van der Waals surface area contributed by atoms with Crippen LogP contribution in [-0.4, -0.2) is 18.6 Å². The van der Waals surface area contributed by atoms with Gasteiger partial charge in [0.2, 0.25) is 0 Å². The number of carbonyl (C=O) groups is 1. The molecule has 2 N–H and O–H groups in total. The van der Waals surface area contributed by atoms with Crippen LogP contribution in [0.5, 0.6) is 0 Å². The fraction of sp³-hybridized carbons (Fsp3) is 0.409. The molecule has 3 nitrogen and oxygen atoms in total. The lowest BCUT2D eigenvalue weighted by atomic mass is 9.84. The first-order valence-electron chi connectivity index (χ1n) is 9.32. The van der Waals surface area contributed by atoms with E-state index in [1.165, 1.54) is 22.3 Å². The van der Waals surface area contributed by atoms with Crippen molar-refractivity contribution in [3.63, 3.8) is 0 Å². The maximum atomic E-state index is 12.3. The molecule has 2 aliphatic carbocycles. The monoisotopic (exact) mass is 371 g/mol. The first kappa shape index (κ1) is 18.9. The summed E-state index contributed by atoms with van der Waals surface area (Å²) in [5.41, 5.74) is 11.0. The van der Waals surface area contributed by atoms with E-state index in [0.717, 1.165) is 25.7 Å². The molecule has 1 saturated carbocycles. The number of hydrogen-bond donors (Lipinski definition) is 1. The number of benzene rings is 2. The summed E-state index contributed by atoms with van der Waals surface area (Å²) in [6, 6.07) is 17.2. The van der Waals surface area contributed by atoms with Crippen LogP contribution in [0.25, 0.3) is 11.1 Å². The minimum atomic E-state index is -0.0673. The van der Waals surface area contributed by atoms with Crippen LogP contribution < -0.4 is 5.73 Å². The van der Waals surface area contributed by atoms with Gasteiger partial charge in [-0.1, -0.05) is 48.5 Å². The van der Waals surface area contributed by atoms with E-state index < -0.39 is 0 Å². The molecule has 138 valence electrons. The van der Waals surface area contributed by atoms with Crippen molar-refractivity contribution in [2.24, 2.45) is 11.7 Å². The number of hydrogen-bond acceptors (Lipinski definition) is 3. The number of nitrogens with two attached hydrogens (primary N) is 1. The zero-order valence-corrected chi connectivity index (χ0v) is 15.7. The summed E-state index contributed by atoms with van der Waals surface area (Å²) in [4.78, 5) is 12.3. The first-order chi connectivity index (χ1) is 12.2. The number of rotatable bonds is 4. The van der Waals surface area contributed by atoms with Crippen LogP contribution in [0.2, 0.25) is 0 Å². The van der Waals surface area contributed by atoms with Crippen LogP contribution in [-0.2, 0) is 9.53 Å². The van der Waals surface area contributed by atoms with Crippen LogP contribution in [0, 0.1) is 5.92 Å². The van der Waals surface area contributed by atoms with Crippen LogP contribution >= 0.6 is 12.4 Å². The molecule has 0 bridgehead atoms. The Morgan fingerprint density at radius 1 is 0.923 bits per heavy atom. The van der Waals surface area contributed by atoms with Crippen molar-refractivity contribution >= 4 is 18.4 Å². The SMILES string of the molecule is Cl.NC1CCC(CC(=O)OCC2c3ccccc3-c3ccccc32)CC1. The van der Waals surface area contributed by atoms with E-state index in [9.17, 15) is 4.79 Å². The fourth-order valence-electron chi connectivity index (χ4n) is 4.30. The van der Waals surface area contributed by atoms with Crippen LogP contribution in [0.4, 0.5) is 0 Å². The van der Waals surface area contributed by atoms with Crippen molar-refractivity contribution in [1.29, 1.82) is 0 Å². The Labute approximate surface area is 161 Å². The molecule has 0 amide bonds. The van der Waals surface area contributed by atoms with Crippen LogP contribution in [0.1, 0.15) is 49.1 Å². The number of esters is 1. The van der Waals surface area contributed by atoms with Crippen molar-refractivity contribution in [3.8, 4) is 11.1 Å². The molecule has 0 saturated heterocycles. The topological polar surface area (TPSA) is 52.3 Å². The zero-order chi connectivity index (χ0) is 17.2. The molecule has 1 fully saturated rings. The number of halogens is 1. The highest BCUT2D eigenvalue weighted by Crippen LogP contribution is 2.44. The quantitative estimate of drug-likeness (QED) is 0.794. The molecule has 0 atom stereocenters.